The monoisotopic (exact) mass is 201 g/mol. The summed E-state index contributed by atoms with van der Waals surface area (Å²) in [6.45, 7) is 8.40. The van der Waals surface area contributed by atoms with Gasteiger partial charge in [0.1, 0.15) is 0 Å². The second kappa shape index (κ2) is 6.82. The Bertz CT molecular complexity index is 167. The van der Waals surface area contributed by atoms with Crippen molar-refractivity contribution in [2.75, 3.05) is 6.54 Å². The van der Waals surface area contributed by atoms with Gasteiger partial charge in [-0.1, -0.05) is 27.2 Å². The molecule has 14 heavy (non-hydrogen) atoms. The molecular formula is C11H23NO2. The summed E-state index contributed by atoms with van der Waals surface area (Å²) in [6, 6.07) is 0. The zero-order valence-corrected chi connectivity index (χ0v) is 9.71. The molecule has 0 heterocycles. The number of aliphatic hydroxyl groups excluding tert-OH is 1. The van der Waals surface area contributed by atoms with E-state index in [1.54, 1.807) is 6.92 Å². The molecule has 0 aromatic carbocycles. The molecule has 2 N–H and O–H groups in total. The number of aliphatic hydroxyl groups is 1. The number of hydrogen-bond donors (Lipinski definition) is 2. The molecule has 2 atom stereocenters. The van der Waals surface area contributed by atoms with Gasteiger partial charge in [-0.2, -0.15) is 0 Å². The van der Waals surface area contributed by atoms with Crippen LogP contribution in [0.5, 0.6) is 0 Å². The number of nitrogens with one attached hydrogen (secondary N) is 1. The van der Waals surface area contributed by atoms with E-state index >= 15 is 0 Å². The van der Waals surface area contributed by atoms with E-state index in [1.165, 1.54) is 0 Å². The summed E-state index contributed by atoms with van der Waals surface area (Å²) in [7, 11) is 0. The van der Waals surface area contributed by atoms with E-state index in [2.05, 4.69) is 26.1 Å². The summed E-state index contributed by atoms with van der Waals surface area (Å²) in [5.74, 6) is 1.03. The molecule has 0 aliphatic heterocycles. The van der Waals surface area contributed by atoms with Gasteiger partial charge < -0.3 is 10.4 Å². The van der Waals surface area contributed by atoms with E-state index in [1.807, 2.05) is 0 Å². The van der Waals surface area contributed by atoms with E-state index in [0.29, 0.717) is 24.8 Å². The second-order valence-corrected chi connectivity index (χ2v) is 4.27. The lowest BCUT2D eigenvalue weighted by Gasteiger charge is -2.18. The van der Waals surface area contributed by atoms with Crippen LogP contribution >= 0.6 is 0 Å². The van der Waals surface area contributed by atoms with Gasteiger partial charge in [0.2, 0.25) is 5.91 Å². The topological polar surface area (TPSA) is 49.3 Å². The van der Waals surface area contributed by atoms with Crippen LogP contribution in [-0.2, 0) is 4.79 Å². The van der Waals surface area contributed by atoms with Gasteiger partial charge in [0, 0.05) is 13.0 Å². The fraction of sp³-hybridized carbons (Fsp3) is 0.909. The van der Waals surface area contributed by atoms with Gasteiger partial charge in [0.15, 0.2) is 0 Å². The molecule has 2 unspecified atom stereocenters. The Balaban J connectivity index is 3.79. The van der Waals surface area contributed by atoms with Crippen molar-refractivity contribution in [3.05, 3.63) is 0 Å². The molecule has 0 bridgehead atoms. The molecule has 0 radical (unpaired) electrons. The fourth-order valence-corrected chi connectivity index (χ4v) is 1.42. The maximum absolute atomic E-state index is 11.4. The Labute approximate surface area is 86.9 Å². The molecule has 3 nitrogen and oxygen atoms in total. The minimum Gasteiger partial charge on any atom is -0.392 e. The average molecular weight is 201 g/mol. The van der Waals surface area contributed by atoms with Crippen molar-refractivity contribution in [2.45, 2.75) is 46.6 Å². The highest BCUT2D eigenvalue weighted by molar-refractivity contribution is 5.76. The maximum atomic E-state index is 11.4. The van der Waals surface area contributed by atoms with Crippen molar-refractivity contribution in [3.63, 3.8) is 0 Å². The van der Waals surface area contributed by atoms with Crippen molar-refractivity contribution in [3.8, 4) is 0 Å². The molecule has 1 amide bonds. The standard InChI is InChI=1S/C11H23NO2/c1-5-10(8(2)3)6-11(14)12-7-9(4)13/h8-10,13H,5-7H2,1-4H3,(H,12,14). The SMILES string of the molecule is CCC(CC(=O)NCC(C)O)C(C)C. The van der Waals surface area contributed by atoms with E-state index in [-0.39, 0.29) is 5.91 Å². The Morgan fingerprint density at radius 2 is 1.93 bits per heavy atom. The Kier molecular flexibility index (Phi) is 6.54. The van der Waals surface area contributed by atoms with Crippen LogP contribution in [0.4, 0.5) is 0 Å². The quantitative estimate of drug-likeness (QED) is 0.685. The minimum atomic E-state index is -0.460. The van der Waals surface area contributed by atoms with Crippen LogP contribution in [-0.4, -0.2) is 23.7 Å². The maximum Gasteiger partial charge on any atom is 0.220 e. The van der Waals surface area contributed by atoms with Crippen LogP contribution in [0.3, 0.4) is 0 Å². The van der Waals surface area contributed by atoms with Crippen LogP contribution in [0, 0.1) is 11.8 Å². The predicted octanol–water partition coefficient (Wildman–Crippen LogP) is 1.56. The highest BCUT2D eigenvalue weighted by Crippen LogP contribution is 2.18. The molecular weight excluding hydrogens is 178 g/mol. The summed E-state index contributed by atoms with van der Waals surface area (Å²) in [5.41, 5.74) is 0. The molecule has 0 fully saturated rings. The summed E-state index contributed by atoms with van der Waals surface area (Å²) in [5, 5.41) is 11.7. The highest BCUT2D eigenvalue weighted by atomic mass is 16.3. The largest absolute Gasteiger partial charge is 0.392 e. The Hall–Kier alpha value is -0.570. The summed E-state index contributed by atoms with van der Waals surface area (Å²) in [6.07, 6.45) is 1.14. The lowest BCUT2D eigenvalue weighted by molar-refractivity contribution is -0.122. The van der Waals surface area contributed by atoms with Gasteiger partial charge in [-0.15, -0.1) is 0 Å². The molecule has 0 aliphatic rings. The second-order valence-electron chi connectivity index (χ2n) is 4.27. The zero-order valence-electron chi connectivity index (χ0n) is 9.71. The van der Waals surface area contributed by atoms with Gasteiger partial charge in [0.25, 0.3) is 0 Å². The molecule has 0 aromatic heterocycles. The van der Waals surface area contributed by atoms with Gasteiger partial charge >= 0.3 is 0 Å². The van der Waals surface area contributed by atoms with Gasteiger partial charge in [-0.3, -0.25) is 4.79 Å². The van der Waals surface area contributed by atoms with E-state index in [4.69, 9.17) is 5.11 Å². The third kappa shape index (κ3) is 5.97. The smallest absolute Gasteiger partial charge is 0.220 e. The van der Waals surface area contributed by atoms with Gasteiger partial charge in [-0.05, 0) is 18.8 Å². The Morgan fingerprint density at radius 1 is 1.36 bits per heavy atom. The first-order chi connectivity index (χ1) is 6.47. The highest BCUT2D eigenvalue weighted by Gasteiger charge is 2.15. The molecule has 3 heteroatoms. The molecule has 0 rings (SSSR count). The number of carbonyl (C=O) groups is 1. The van der Waals surface area contributed by atoms with E-state index in [9.17, 15) is 4.79 Å². The normalized spacial score (nSPS) is 15.3. The molecule has 0 aromatic rings. The number of rotatable bonds is 6. The van der Waals surface area contributed by atoms with Crippen LogP contribution in [0.15, 0.2) is 0 Å². The van der Waals surface area contributed by atoms with Crippen molar-refractivity contribution < 1.29 is 9.90 Å². The average Bonchev–Trinajstić information content (AvgIpc) is 2.10. The predicted molar refractivity (Wildman–Crippen MR) is 57.9 cm³/mol. The number of carbonyl (C=O) groups excluding carboxylic acids is 1. The molecule has 0 aliphatic carbocycles. The third-order valence-electron chi connectivity index (χ3n) is 2.51. The lowest BCUT2D eigenvalue weighted by atomic mass is 9.90. The molecule has 0 spiro atoms. The summed E-state index contributed by atoms with van der Waals surface area (Å²) >= 11 is 0. The lowest BCUT2D eigenvalue weighted by Crippen LogP contribution is -2.32. The third-order valence-corrected chi connectivity index (χ3v) is 2.51. The summed E-state index contributed by atoms with van der Waals surface area (Å²) in [4.78, 5) is 11.4. The van der Waals surface area contributed by atoms with Crippen LogP contribution < -0.4 is 5.32 Å². The molecule has 0 saturated carbocycles. The first-order valence-corrected chi connectivity index (χ1v) is 5.42. The van der Waals surface area contributed by atoms with E-state index in [0.717, 1.165) is 6.42 Å². The summed E-state index contributed by atoms with van der Waals surface area (Å²) < 4.78 is 0. The molecule has 0 saturated heterocycles. The minimum absolute atomic E-state index is 0.0476. The number of amides is 1. The van der Waals surface area contributed by atoms with E-state index < -0.39 is 6.10 Å². The fourth-order valence-electron chi connectivity index (χ4n) is 1.42. The van der Waals surface area contributed by atoms with Crippen LogP contribution in [0.25, 0.3) is 0 Å². The van der Waals surface area contributed by atoms with Crippen molar-refractivity contribution in [1.82, 2.24) is 5.32 Å². The van der Waals surface area contributed by atoms with Crippen LogP contribution in [0.2, 0.25) is 0 Å². The van der Waals surface area contributed by atoms with Gasteiger partial charge in [-0.25, -0.2) is 0 Å². The van der Waals surface area contributed by atoms with Crippen LogP contribution in [0.1, 0.15) is 40.5 Å². The first-order valence-electron chi connectivity index (χ1n) is 5.42. The van der Waals surface area contributed by atoms with Crippen molar-refractivity contribution >= 4 is 5.91 Å². The Morgan fingerprint density at radius 3 is 2.29 bits per heavy atom. The van der Waals surface area contributed by atoms with Crippen molar-refractivity contribution in [2.24, 2.45) is 11.8 Å². The first kappa shape index (κ1) is 13.4. The zero-order chi connectivity index (χ0) is 11.1. The molecule has 84 valence electrons. The van der Waals surface area contributed by atoms with Crippen molar-refractivity contribution in [1.29, 1.82) is 0 Å². The van der Waals surface area contributed by atoms with Gasteiger partial charge in [0.05, 0.1) is 6.10 Å². The number of hydrogen-bond acceptors (Lipinski definition) is 2.